The van der Waals surface area contributed by atoms with Crippen molar-refractivity contribution in [2.75, 3.05) is 13.1 Å². The van der Waals surface area contributed by atoms with E-state index in [0.29, 0.717) is 18.1 Å². The standard InChI is InChI=1S/C11H11ClN2O/c12-9-3-1-2-7-8(4-14-10(7)9)11(15)5-13-6-11/h1-4,13-15H,5-6H2. The molecule has 78 valence electrons. The summed E-state index contributed by atoms with van der Waals surface area (Å²) in [5.74, 6) is 0. The topological polar surface area (TPSA) is 48.0 Å². The number of β-amino-alcohol motifs (C(OH)–C–C–N with tert-alkyl or cyclic N) is 1. The lowest BCUT2D eigenvalue weighted by atomic mass is 9.88. The van der Waals surface area contributed by atoms with E-state index in [9.17, 15) is 5.11 Å². The zero-order chi connectivity index (χ0) is 10.5. The summed E-state index contributed by atoms with van der Waals surface area (Å²) in [6.45, 7) is 1.21. The summed E-state index contributed by atoms with van der Waals surface area (Å²) >= 11 is 6.05. The van der Waals surface area contributed by atoms with Gasteiger partial charge in [-0.3, -0.25) is 0 Å². The van der Waals surface area contributed by atoms with Gasteiger partial charge in [0.2, 0.25) is 0 Å². The average molecular weight is 223 g/mol. The fourth-order valence-electron chi connectivity index (χ4n) is 2.05. The maximum atomic E-state index is 10.2. The minimum atomic E-state index is -0.733. The van der Waals surface area contributed by atoms with E-state index >= 15 is 0 Å². The van der Waals surface area contributed by atoms with Gasteiger partial charge < -0.3 is 15.4 Å². The highest BCUT2D eigenvalue weighted by atomic mass is 35.5. The van der Waals surface area contributed by atoms with E-state index in [1.54, 1.807) is 0 Å². The maximum absolute atomic E-state index is 10.2. The second-order valence-corrected chi connectivity index (χ2v) is 4.41. The van der Waals surface area contributed by atoms with Crippen molar-refractivity contribution in [3.63, 3.8) is 0 Å². The van der Waals surface area contributed by atoms with Crippen LogP contribution in [0.2, 0.25) is 5.02 Å². The van der Waals surface area contributed by atoms with Crippen LogP contribution in [0.15, 0.2) is 24.4 Å². The molecule has 0 saturated carbocycles. The van der Waals surface area contributed by atoms with Crippen LogP contribution in [0.25, 0.3) is 10.9 Å². The van der Waals surface area contributed by atoms with E-state index in [1.165, 1.54) is 0 Å². The van der Waals surface area contributed by atoms with Crippen LogP contribution in [0.5, 0.6) is 0 Å². The summed E-state index contributed by atoms with van der Waals surface area (Å²) in [4.78, 5) is 3.11. The van der Waals surface area contributed by atoms with Crippen LogP contribution in [0.3, 0.4) is 0 Å². The first-order valence-corrected chi connectivity index (χ1v) is 5.28. The van der Waals surface area contributed by atoms with Crippen molar-refractivity contribution in [2.45, 2.75) is 5.60 Å². The van der Waals surface area contributed by atoms with Gasteiger partial charge in [0.25, 0.3) is 0 Å². The third-order valence-corrected chi connectivity index (χ3v) is 3.32. The second-order valence-electron chi connectivity index (χ2n) is 4.00. The van der Waals surface area contributed by atoms with Crippen LogP contribution in [0.1, 0.15) is 5.56 Å². The monoisotopic (exact) mass is 222 g/mol. The summed E-state index contributed by atoms with van der Waals surface area (Å²) < 4.78 is 0. The number of aliphatic hydroxyl groups is 1. The number of H-pyrrole nitrogens is 1. The first kappa shape index (κ1) is 9.21. The predicted octanol–water partition coefficient (Wildman–Crippen LogP) is 1.61. The van der Waals surface area contributed by atoms with Crippen LogP contribution >= 0.6 is 11.6 Å². The van der Waals surface area contributed by atoms with Gasteiger partial charge in [0, 0.05) is 30.2 Å². The van der Waals surface area contributed by atoms with E-state index in [1.807, 2.05) is 24.4 Å². The molecule has 1 aliphatic rings. The van der Waals surface area contributed by atoms with Gasteiger partial charge in [-0.05, 0) is 6.07 Å². The third-order valence-electron chi connectivity index (χ3n) is 3.00. The fraction of sp³-hybridized carbons (Fsp3) is 0.273. The van der Waals surface area contributed by atoms with E-state index in [-0.39, 0.29) is 0 Å². The molecule has 1 aliphatic heterocycles. The van der Waals surface area contributed by atoms with Crippen molar-refractivity contribution in [3.8, 4) is 0 Å². The molecule has 1 fully saturated rings. The zero-order valence-electron chi connectivity index (χ0n) is 8.05. The number of nitrogens with one attached hydrogen (secondary N) is 2. The number of aromatic nitrogens is 1. The Morgan fingerprint density at radius 2 is 2.13 bits per heavy atom. The molecule has 0 radical (unpaired) electrons. The predicted molar refractivity (Wildman–Crippen MR) is 60.1 cm³/mol. The van der Waals surface area contributed by atoms with Crippen molar-refractivity contribution >= 4 is 22.5 Å². The first-order chi connectivity index (χ1) is 7.21. The number of fused-ring (bicyclic) bond motifs is 1. The minimum absolute atomic E-state index is 0.604. The van der Waals surface area contributed by atoms with Gasteiger partial charge in [-0.1, -0.05) is 23.7 Å². The number of aromatic amines is 1. The van der Waals surface area contributed by atoms with Crippen molar-refractivity contribution in [2.24, 2.45) is 0 Å². The Kier molecular flexibility index (Phi) is 1.83. The lowest BCUT2D eigenvalue weighted by Crippen LogP contribution is -2.56. The molecule has 3 rings (SSSR count). The molecule has 0 amide bonds. The first-order valence-electron chi connectivity index (χ1n) is 4.90. The molecule has 0 unspecified atom stereocenters. The minimum Gasteiger partial charge on any atom is -0.382 e. The van der Waals surface area contributed by atoms with Gasteiger partial charge in [0.1, 0.15) is 5.60 Å². The Balaban J connectivity index is 2.24. The van der Waals surface area contributed by atoms with Crippen LogP contribution in [0.4, 0.5) is 0 Å². The molecule has 1 aromatic heterocycles. The van der Waals surface area contributed by atoms with E-state index in [0.717, 1.165) is 16.5 Å². The molecular formula is C11H11ClN2O. The fourth-order valence-corrected chi connectivity index (χ4v) is 2.28. The molecule has 0 atom stereocenters. The molecule has 2 aromatic rings. The van der Waals surface area contributed by atoms with Crippen molar-refractivity contribution in [1.29, 1.82) is 0 Å². The van der Waals surface area contributed by atoms with E-state index < -0.39 is 5.60 Å². The Bertz CT molecular complexity index is 516. The van der Waals surface area contributed by atoms with Crippen LogP contribution in [0, 0.1) is 0 Å². The number of halogens is 1. The summed E-state index contributed by atoms with van der Waals surface area (Å²) in [6, 6.07) is 5.72. The number of rotatable bonds is 1. The van der Waals surface area contributed by atoms with Gasteiger partial charge in [-0.25, -0.2) is 0 Å². The Morgan fingerprint density at radius 3 is 2.80 bits per heavy atom. The van der Waals surface area contributed by atoms with E-state index in [4.69, 9.17) is 11.6 Å². The van der Waals surface area contributed by atoms with Gasteiger partial charge >= 0.3 is 0 Å². The Hall–Kier alpha value is -1.03. The smallest absolute Gasteiger partial charge is 0.116 e. The van der Waals surface area contributed by atoms with Crippen LogP contribution in [-0.4, -0.2) is 23.2 Å². The normalized spacial score (nSPS) is 19.1. The number of hydrogen-bond acceptors (Lipinski definition) is 2. The van der Waals surface area contributed by atoms with Gasteiger partial charge in [-0.15, -0.1) is 0 Å². The summed E-state index contributed by atoms with van der Waals surface area (Å²) in [6.07, 6.45) is 1.84. The molecule has 3 N–H and O–H groups in total. The molecule has 0 aliphatic carbocycles. The number of para-hydroxylation sites is 1. The van der Waals surface area contributed by atoms with Crippen LogP contribution < -0.4 is 5.32 Å². The molecule has 0 bridgehead atoms. The molecule has 15 heavy (non-hydrogen) atoms. The zero-order valence-corrected chi connectivity index (χ0v) is 8.80. The quantitative estimate of drug-likeness (QED) is 0.687. The number of hydrogen-bond donors (Lipinski definition) is 3. The summed E-state index contributed by atoms with van der Waals surface area (Å²) in [5, 5.41) is 15.0. The Labute approximate surface area is 92.1 Å². The summed E-state index contributed by atoms with van der Waals surface area (Å²) in [7, 11) is 0. The Morgan fingerprint density at radius 1 is 1.33 bits per heavy atom. The molecule has 3 nitrogen and oxygen atoms in total. The lowest BCUT2D eigenvalue weighted by Gasteiger charge is -2.37. The maximum Gasteiger partial charge on any atom is 0.116 e. The SMILES string of the molecule is OC1(c2c[nH]c3c(Cl)cccc23)CNC1. The van der Waals surface area contributed by atoms with E-state index in [2.05, 4.69) is 10.3 Å². The molecule has 2 heterocycles. The molecular weight excluding hydrogens is 212 g/mol. The molecule has 4 heteroatoms. The second kappa shape index (κ2) is 2.98. The highest BCUT2D eigenvalue weighted by Crippen LogP contribution is 2.33. The van der Waals surface area contributed by atoms with Crippen LogP contribution in [-0.2, 0) is 5.60 Å². The van der Waals surface area contributed by atoms with Crippen molar-refractivity contribution < 1.29 is 5.11 Å². The number of benzene rings is 1. The van der Waals surface area contributed by atoms with Gasteiger partial charge in [-0.2, -0.15) is 0 Å². The molecule has 1 aromatic carbocycles. The largest absolute Gasteiger partial charge is 0.382 e. The van der Waals surface area contributed by atoms with Crippen molar-refractivity contribution in [1.82, 2.24) is 10.3 Å². The molecule has 1 saturated heterocycles. The average Bonchev–Trinajstić information content (AvgIpc) is 2.60. The van der Waals surface area contributed by atoms with Crippen molar-refractivity contribution in [3.05, 3.63) is 35.0 Å². The highest BCUT2D eigenvalue weighted by Gasteiger charge is 2.38. The van der Waals surface area contributed by atoms with Gasteiger partial charge in [0.05, 0.1) is 10.5 Å². The van der Waals surface area contributed by atoms with Gasteiger partial charge in [0.15, 0.2) is 0 Å². The lowest BCUT2D eigenvalue weighted by molar-refractivity contribution is -0.0132. The molecule has 0 spiro atoms. The highest BCUT2D eigenvalue weighted by molar-refractivity contribution is 6.35. The third kappa shape index (κ3) is 1.21. The summed E-state index contributed by atoms with van der Waals surface area (Å²) in [5.41, 5.74) is 1.09.